The Morgan fingerprint density at radius 3 is 3.00 bits per heavy atom. The third kappa shape index (κ3) is 5.92. The van der Waals surface area contributed by atoms with Gasteiger partial charge in [0.1, 0.15) is 0 Å². The van der Waals surface area contributed by atoms with Crippen LogP contribution < -0.4 is 5.32 Å². The molecule has 1 N–H and O–H groups in total. The van der Waals surface area contributed by atoms with E-state index >= 15 is 0 Å². The van der Waals surface area contributed by atoms with Gasteiger partial charge < -0.3 is 5.32 Å². The lowest BCUT2D eigenvalue weighted by atomic mass is 10.2. The van der Waals surface area contributed by atoms with Gasteiger partial charge in [0.15, 0.2) is 0 Å². The predicted octanol–water partition coefficient (Wildman–Crippen LogP) is 1.71. The zero-order chi connectivity index (χ0) is 11.1. The molecule has 1 aliphatic rings. The molecule has 1 aliphatic heterocycles. The standard InChI is InChI=1S/C11H22N2OS/c1-10(7-9-15(2)14)13-11-6-4-3-5-8-12-11/h10H,3-9H2,1-2H3,(H,12,13). The molecule has 3 nitrogen and oxygen atoms in total. The van der Waals surface area contributed by atoms with E-state index in [-0.39, 0.29) is 0 Å². The topological polar surface area (TPSA) is 41.5 Å². The van der Waals surface area contributed by atoms with Gasteiger partial charge in [-0.05, 0) is 26.2 Å². The molecular formula is C11H22N2OS. The van der Waals surface area contributed by atoms with E-state index in [0.717, 1.165) is 31.0 Å². The molecule has 88 valence electrons. The molecule has 0 aromatic carbocycles. The summed E-state index contributed by atoms with van der Waals surface area (Å²) in [6, 6.07) is 0.394. The first-order valence-corrected chi connectivity index (χ1v) is 7.51. The summed E-state index contributed by atoms with van der Waals surface area (Å²) in [6.07, 6.45) is 7.57. The minimum Gasteiger partial charge on any atom is -0.371 e. The van der Waals surface area contributed by atoms with Gasteiger partial charge in [0.25, 0.3) is 0 Å². The van der Waals surface area contributed by atoms with Gasteiger partial charge >= 0.3 is 0 Å². The molecule has 15 heavy (non-hydrogen) atoms. The van der Waals surface area contributed by atoms with Crippen LogP contribution in [0, 0.1) is 0 Å². The molecule has 2 atom stereocenters. The minimum atomic E-state index is -0.676. The molecule has 0 radical (unpaired) electrons. The van der Waals surface area contributed by atoms with Gasteiger partial charge in [-0.2, -0.15) is 0 Å². The van der Waals surface area contributed by atoms with Crippen LogP contribution in [0.5, 0.6) is 0 Å². The lowest BCUT2D eigenvalue weighted by Crippen LogP contribution is -2.33. The van der Waals surface area contributed by atoms with E-state index in [1.54, 1.807) is 6.26 Å². The summed E-state index contributed by atoms with van der Waals surface area (Å²) in [5.74, 6) is 1.93. The van der Waals surface area contributed by atoms with Crippen molar-refractivity contribution < 1.29 is 4.21 Å². The van der Waals surface area contributed by atoms with Crippen molar-refractivity contribution in [3.8, 4) is 0 Å². The molecule has 0 amide bonds. The fourth-order valence-corrected chi connectivity index (χ4v) is 2.38. The van der Waals surface area contributed by atoms with Crippen molar-refractivity contribution in [1.82, 2.24) is 5.32 Å². The summed E-state index contributed by atoms with van der Waals surface area (Å²) in [6.45, 7) is 3.11. The van der Waals surface area contributed by atoms with Crippen molar-refractivity contribution in [1.29, 1.82) is 0 Å². The highest BCUT2D eigenvalue weighted by molar-refractivity contribution is 7.84. The molecular weight excluding hydrogens is 208 g/mol. The number of rotatable bonds is 4. The molecule has 4 heteroatoms. The Hall–Kier alpha value is -0.380. The average Bonchev–Trinajstić information content (AvgIpc) is 2.43. The molecule has 0 bridgehead atoms. The Morgan fingerprint density at radius 2 is 2.27 bits per heavy atom. The van der Waals surface area contributed by atoms with E-state index in [9.17, 15) is 4.21 Å². The smallest absolute Gasteiger partial charge is 0.0965 e. The molecule has 0 aliphatic carbocycles. The molecule has 0 saturated carbocycles. The van der Waals surface area contributed by atoms with Gasteiger partial charge in [0, 0.05) is 41.8 Å². The van der Waals surface area contributed by atoms with Crippen molar-refractivity contribution in [2.75, 3.05) is 18.6 Å². The molecule has 0 fully saturated rings. The van der Waals surface area contributed by atoms with E-state index in [2.05, 4.69) is 17.2 Å². The lowest BCUT2D eigenvalue weighted by Gasteiger charge is -2.15. The van der Waals surface area contributed by atoms with Crippen LogP contribution in [0.1, 0.15) is 39.0 Å². The van der Waals surface area contributed by atoms with Crippen molar-refractivity contribution in [2.45, 2.75) is 45.1 Å². The summed E-state index contributed by atoms with van der Waals surface area (Å²) < 4.78 is 10.9. The number of hydrogen-bond donors (Lipinski definition) is 1. The Bertz CT molecular complexity index is 241. The summed E-state index contributed by atoms with van der Waals surface area (Å²) in [5, 5.41) is 3.43. The van der Waals surface area contributed by atoms with Crippen LogP contribution in [-0.4, -0.2) is 34.6 Å². The molecule has 0 aromatic rings. The van der Waals surface area contributed by atoms with Crippen LogP contribution in [0.3, 0.4) is 0 Å². The number of aliphatic imine (C=N–C) groups is 1. The summed E-state index contributed by atoms with van der Waals surface area (Å²) in [4.78, 5) is 4.52. The lowest BCUT2D eigenvalue weighted by molar-refractivity contribution is 0.626. The summed E-state index contributed by atoms with van der Waals surface area (Å²) in [5.41, 5.74) is 0. The van der Waals surface area contributed by atoms with Crippen LogP contribution in [0.4, 0.5) is 0 Å². The molecule has 2 unspecified atom stereocenters. The van der Waals surface area contributed by atoms with E-state index in [1.807, 2.05) is 0 Å². The van der Waals surface area contributed by atoms with Gasteiger partial charge in [-0.15, -0.1) is 0 Å². The second-order valence-corrected chi connectivity index (χ2v) is 5.81. The fourth-order valence-electron chi connectivity index (χ4n) is 1.69. The second-order valence-electron chi connectivity index (χ2n) is 4.25. The SMILES string of the molecule is CC(CCS(C)=O)NC1=NCCCCC1. The van der Waals surface area contributed by atoms with Gasteiger partial charge in [0.05, 0.1) is 5.84 Å². The van der Waals surface area contributed by atoms with Gasteiger partial charge in [-0.25, -0.2) is 0 Å². The highest BCUT2D eigenvalue weighted by atomic mass is 32.2. The molecule has 0 aromatic heterocycles. The van der Waals surface area contributed by atoms with Crippen LogP contribution in [0.15, 0.2) is 4.99 Å². The number of nitrogens with zero attached hydrogens (tertiary/aromatic N) is 1. The first-order valence-electron chi connectivity index (χ1n) is 5.78. The average molecular weight is 230 g/mol. The number of hydrogen-bond acceptors (Lipinski definition) is 3. The van der Waals surface area contributed by atoms with Crippen molar-refractivity contribution in [2.24, 2.45) is 4.99 Å². The Morgan fingerprint density at radius 1 is 1.47 bits per heavy atom. The minimum absolute atomic E-state index is 0.394. The van der Waals surface area contributed by atoms with Crippen LogP contribution >= 0.6 is 0 Å². The van der Waals surface area contributed by atoms with E-state index in [4.69, 9.17) is 0 Å². The highest BCUT2D eigenvalue weighted by Gasteiger charge is 2.08. The van der Waals surface area contributed by atoms with Gasteiger partial charge in [-0.1, -0.05) is 6.42 Å². The van der Waals surface area contributed by atoms with Gasteiger partial charge in [-0.3, -0.25) is 9.20 Å². The van der Waals surface area contributed by atoms with Gasteiger partial charge in [0.2, 0.25) is 0 Å². The van der Waals surface area contributed by atoms with Crippen molar-refractivity contribution in [3.05, 3.63) is 0 Å². The van der Waals surface area contributed by atoms with Crippen molar-refractivity contribution in [3.63, 3.8) is 0 Å². The maximum absolute atomic E-state index is 10.9. The predicted molar refractivity (Wildman–Crippen MR) is 66.9 cm³/mol. The summed E-state index contributed by atoms with van der Waals surface area (Å²) >= 11 is 0. The van der Waals surface area contributed by atoms with E-state index in [0.29, 0.717) is 6.04 Å². The fraction of sp³-hybridized carbons (Fsp3) is 0.909. The highest BCUT2D eigenvalue weighted by Crippen LogP contribution is 2.07. The third-order valence-electron chi connectivity index (χ3n) is 2.63. The maximum atomic E-state index is 10.9. The zero-order valence-corrected chi connectivity index (χ0v) is 10.6. The van der Waals surface area contributed by atoms with E-state index < -0.39 is 10.8 Å². The first kappa shape index (κ1) is 12.7. The third-order valence-corrected chi connectivity index (χ3v) is 3.44. The number of amidine groups is 1. The molecule has 0 spiro atoms. The molecule has 1 heterocycles. The Kier molecular flexibility index (Phi) is 5.91. The monoisotopic (exact) mass is 230 g/mol. The maximum Gasteiger partial charge on any atom is 0.0965 e. The summed E-state index contributed by atoms with van der Waals surface area (Å²) in [7, 11) is -0.676. The molecule has 1 rings (SSSR count). The van der Waals surface area contributed by atoms with Crippen LogP contribution in [0.2, 0.25) is 0 Å². The van der Waals surface area contributed by atoms with E-state index in [1.165, 1.54) is 19.3 Å². The van der Waals surface area contributed by atoms with Crippen LogP contribution in [-0.2, 0) is 10.8 Å². The van der Waals surface area contributed by atoms with Crippen LogP contribution in [0.25, 0.3) is 0 Å². The van der Waals surface area contributed by atoms with Crippen molar-refractivity contribution >= 4 is 16.6 Å². The normalized spacial score (nSPS) is 21.3. The Balaban J connectivity index is 2.26. The first-order chi connectivity index (χ1) is 7.18. The Labute approximate surface area is 95.2 Å². The molecule has 0 saturated heterocycles. The quantitative estimate of drug-likeness (QED) is 0.799. The number of nitrogens with one attached hydrogen (secondary N) is 1. The zero-order valence-electron chi connectivity index (χ0n) is 9.79. The largest absolute Gasteiger partial charge is 0.371 e. The second kappa shape index (κ2) is 6.99.